The molecule has 0 saturated carbocycles. The molecule has 1 heterocycles. The Bertz CT molecular complexity index is 577. The predicted octanol–water partition coefficient (Wildman–Crippen LogP) is 2.57. The number of benzene rings is 1. The van der Waals surface area contributed by atoms with E-state index in [2.05, 4.69) is 10.4 Å². The summed E-state index contributed by atoms with van der Waals surface area (Å²) >= 11 is 1.52. The second-order valence-corrected chi connectivity index (χ2v) is 4.71. The Balaban J connectivity index is 2.13. The van der Waals surface area contributed by atoms with Gasteiger partial charge in [0.25, 0.3) is 5.69 Å². The Morgan fingerprint density at radius 2 is 2.21 bits per heavy atom. The van der Waals surface area contributed by atoms with Gasteiger partial charge in [0.2, 0.25) is 0 Å². The molecule has 0 fully saturated rings. The fraction of sp³-hybridized carbons (Fsp3) is 0.0833. The summed E-state index contributed by atoms with van der Waals surface area (Å²) in [7, 11) is 0. The largest absolute Gasteiger partial charge is 0.318 e. The molecule has 19 heavy (non-hydrogen) atoms. The Hall–Kier alpha value is -2.12. The van der Waals surface area contributed by atoms with Crippen LogP contribution in [0.25, 0.3) is 0 Å². The summed E-state index contributed by atoms with van der Waals surface area (Å²) in [5.74, 6) is 5.85. The smallest absolute Gasteiger partial charge is 0.293 e. The van der Waals surface area contributed by atoms with E-state index in [1.165, 1.54) is 17.8 Å². The molecule has 0 atom stereocenters. The standard InChI is InChI=1S/C12H12N4O2S/c13-15-10-5-4-9(7-11(10)16(17)18)8-19-12-3-1-2-6-14-12/h1-7,15H,8,13H2. The number of nitrogens with one attached hydrogen (secondary N) is 1. The van der Waals surface area contributed by atoms with Gasteiger partial charge < -0.3 is 5.43 Å². The molecule has 0 aliphatic rings. The van der Waals surface area contributed by atoms with Crippen LogP contribution in [-0.2, 0) is 5.75 Å². The van der Waals surface area contributed by atoms with Crippen LogP contribution in [0.5, 0.6) is 0 Å². The van der Waals surface area contributed by atoms with Gasteiger partial charge in [-0.05, 0) is 23.8 Å². The Kier molecular flexibility index (Phi) is 4.32. The lowest BCUT2D eigenvalue weighted by atomic mass is 10.2. The number of nitro benzene ring substituents is 1. The van der Waals surface area contributed by atoms with Crippen molar-refractivity contribution >= 4 is 23.1 Å². The van der Waals surface area contributed by atoms with Crippen LogP contribution < -0.4 is 11.3 Å². The van der Waals surface area contributed by atoms with Gasteiger partial charge in [-0.25, -0.2) is 4.98 Å². The Morgan fingerprint density at radius 3 is 2.84 bits per heavy atom. The monoisotopic (exact) mass is 276 g/mol. The van der Waals surface area contributed by atoms with Crippen LogP contribution in [0.1, 0.15) is 5.56 Å². The molecule has 0 amide bonds. The van der Waals surface area contributed by atoms with Crippen LogP contribution in [0.3, 0.4) is 0 Å². The highest BCUT2D eigenvalue weighted by atomic mass is 32.2. The van der Waals surface area contributed by atoms with Crippen molar-refractivity contribution in [2.75, 3.05) is 5.43 Å². The van der Waals surface area contributed by atoms with Crippen molar-refractivity contribution in [2.45, 2.75) is 10.8 Å². The minimum atomic E-state index is -0.454. The molecule has 0 radical (unpaired) electrons. The first-order valence-electron chi connectivity index (χ1n) is 5.48. The van der Waals surface area contributed by atoms with E-state index in [1.54, 1.807) is 18.3 Å². The number of nitrogens with two attached hydrogens (primary N) is 1. The van der Waals surface area contributed by atoms with Crippen molar-refractivity contribution in [2.24, 2.45) is 5.84 Å². The highest BCUT2D eigenvalue weighted by molar-refractivity contribution is 7.98. The van der Waals surface area contributed by atoms with Crippen LogP contribution in [0.4, 0.5) is 11.4 Å². The number of nitrogens with zero attached hydrogens (tertiary/aromatic N) is 2. The normalized spacial score (nSPS) is 10.2. The van der Waals surface area contributed by atoms with Gasteiger partial charge in [0.15, 0.2) is 0 Å². The lowest BCUT2D eigenvalue weighted by Gasteiger charge is -2.05. The summed E-state index contributed by atoms with van der Waals surface area (Å²) < 4.78 is 0. The fourth-order valence-corrected chi connectivity index (χ4v) is 2.33. The Morgan fingerprint density at radius 1 is 1.37 bits per heavy atom. The molecule has 0 unspecified atom stereocenters. The quantitative estimate of drug-likeness (QED) is 0.377. The third-order valence-corrected chi connectivity index (χ3v) is 3.45. The van der Waals surface area contributed by atoms with Gasteiger partial charge in [-0.2, -0.15) is 0 Å². The van der Waals surface area contributed by atoms with E-state index >= 15 is 0 Å². The first-order chi connectivity index (χ1) is 9.20. The number of hydrogen-bond donors (Lipinski definition) is 2. The zero-order valence-corrected chi connectivity index (χ0v) is 10.8. The lowest BCUT2D eigenvalue weighted by Crippen LogP contribution is -2.09. The summed E-state index contributed by atoms with van der Waals surface area (Å²) in [6, 6.07) is 10.6. The number of rotatable bonds is 5. The summed E-state index contributed by atoms with van der Waals surface area (Å²) in [4.78, 5) is 14.6. The molecule has 3 N–H and O–H groups in total. The number of pyridine rings is 1. The minimum absolute atomic E-state index is 0.0263. The van der Waals surface area contributed by atoms with Crippen LogP contribution in [0.15, 0.2) is 47.6 Å². The van der Waals surface area contributed by atoms with E-state index in [4.69, 9.17) is 5.84 Å². The molecule has 7 heteroatoms. The van der Waals surface area contributed by atoms with Gasteiger partial charge in [0, 0.05) is 18.0 Å². The molecule has 6 nitrogen and oxygen atoms in total. The third-order valence-electron chi connectivity index (χ3n) is 2.44. The predicted molar refractivity (Wildman–Crippen MR) is 74.7 cm³/mol. The second kappa shape index (κ2) is 6.17. The van der Waals surface area contributed by atoms with Crippen LogP contribution in [-0.4, -0.2) is 9.91 Å². The van der Waals surface area contributed by atoms with Crippen molar-refractivity contribution in [3.63, 3.8) is 0 Å². The number of nitrogen functional groups attached to an aromatic ring is 1. The van der Waals surface area contributed by atoms with Crippen LogP contribution >= 0.6 is 11.8 Å². The van der Waals surface area contributed by atoms with Crippen molar-refractivity contribution < 1.29 is 4.92 Å². The van der Waals surface area contributed by atoms with E-state index in [9.17, 15) is 10.1 Å². The number of anilines is 1. The topological polar surface area (TPSA) is 94.1 Å². The van der Waals surface area contributed by atoms with E-state index in [1.807, 2.05) is 18.2 Å². The van der Waals surface area contributed by atoms with Crippen molar-refractivity contribution in [3.05, 3.63) is 58.3 Å². The van der Waals surface area contributed by atoms with E-state index in [-0.39, 0.29) is 5.69 Å². The van der Waals surface area contributed by atoms with E-state index in [0.29, 0.717) is 11.4 Å². The molecule has 0 saturated heterocycles. The molecule has 2 rings (SSSR count). The summed E-state index contributed by atoms with van der Waals surface area (Å²) in [6.07, 6.45) is 1.71. The molecule has 1 aromatic carbocycles. The van der Waals surface area contributed by atoms with Crippen molar-refractivity contribution in [3.8, 4) is 0 Å². The van der Waals surface area contributed by atoms with Gasteiger partial charge in [0.1, 0.15) is 5.69 Å². The number of hydrogen-bond acceptors (Lipinski definition) is 6. The molecular formula is C12H12N4O2S. The average molecular weight is 276 g/mol. The molecule has 98 valence electrons. The average Bonchev–Trinajstić information content (AvgIpc) is 2.46. The third kappa shape index (κ3) is 3.43. The van der Waals surface area contributed by atoms with Gasteiger partial charge in [0.05, 0.1) is 9.95 Å². The molecule has 0 aliphatic heterocycles. The number of thioether (sulfide) groups is 1. The highest BCUT2D eigenvalue weighted by Gasteiger charge is 2.13. The molecule has 1 aromatic heterocycles. The maximum atomic E-state index is 10.9. The maximum absolute atomic E-state index is 10.9. The van der Waals surface area contributed by atoms with Crippen molar-refractivity contribution in [1.82, 2.24) is 4.98 Å². The molecular weight excluding hydrogens is 264 g/mol. The zero-order chi connectivity index (χ0) is 13.7. The minimum Gasteiger partial charge on any atom is -0.318 e. The first kappa shape index (κ1) is 13.3. The van der Waals surface area contributed by atoms with Crippen LogP contribution in [0.2, 0.25) is 0 Å². The number of hydrazine groups is 1. The second-order valence-electron chi connectivity index (χ2n) is 3.71. The molecule has 0 aliphatic carbocycles. The van der Waals surface area contributed by atoms with Crippen LogP contribution in [0, 0.1) is 10.1 Å². The summed E-state index contributed by atoms with van der Waals surface area (Å²) in [5, 5.41) is 11.8. The van der Waals surface area contributed by atoms with Gasteiger partial charge in [-0.3, -0.25) is 16.0 Å². The van der Waals surface area contributed by atoms with Gasteiger partial charge >= 0.3 is 0 Å². The molecule has 2 aromatic rings. The van der Waals surface area contributed by atoms with E-state index in [0.717, 1.165) is 10.6 Å². The molecule has 0 spiro atoms. The first-order valence-corrected chi connectivity index (χ1v) is 6.47. The maximum Gasteiger partial charge on any atom is 0.293 e. The Labute approximate surface area is 114 Å². The molecule has 0 bridgehead atoms. The zero-order valence-electron chi connectivity index (χ0n) is 9.95. The van der Waals surface area contributed by atoms with Crippen molar-refractivity contribution in [1.29, 1.82) is 0 Å². The SMILES string of the molecule is NNc1ccc(CSc2ccccn2)cc1[N+](=O)[O-]. The van der Waals surface area contributed by atoms with E-state index < -0.39 is 4.92 Å². The van der Waals surface area contributed by atoms with Gasteiger partial charge in [-0.15, -0.1) is 11.8 Å². The fourth-order valence-electron chi connectivity index (χ4n) is 1.53. The number of nitro groups is 1. The van der Waals surface area contributed by atoms with Gasteiger partial charge in [-0.1, -0.05) is 12.1 Å². The summed E-state index contributed by atoms with van der Waals surface area (Å²) in [5.41, 5.74) is 3.44. The number of aromatic nitrogens is 1. The lowest BCUT2D eigenvalue weighted by molar-refractivity contribution is -0.384. The highest BCUT2D eigenvalue weighted by Crippen LogP contribution is 2.28. The summed E-state index contributed by atoms with van der Waals surface area (Å²) in [6.45, 7) is 0.